The maximum Gasteiger partial charge on any atom is 0.227 e. The first-order chi connectivity index (χ1) is 8.45. The van der Waals surface area contributed by atoms with Crippen LogP contribution in [0.3, 0.4) is 0 Å². The summed E-state index contributed by atoms with van der Waals surface area (Å²) in [6, 6.07) is 0.322. The van der Waals surface area contributed by atoms with Crippen molar-refractivity contribution in [2.45, 2.75) is 25.9 Å². The van der Waals surface area contributed by atoms with Gasteiger partial charge in [0.2, 0.25) is 5.91 Å². The number of amides is 1. The fourth-order valence-electron chi connectivity index (χ4n) is 2.20. The summed E-state index contributed by atoms with van der Waals surface area (Å²) in [6.07, 6.45) is 0. The SMILES string of the molecule is CNC1COCC1C(=O)NC(CN(C)C)C(C)C. The summed E-state index contributed by atoms with van der Waals surface area (Å²) >= 11 is 0. The van der Waals surface area contributed by atoms with Crippen molar-refractivity contribution < 1.29 is 9.53 Å². The molecule has 0 bridgehead atoms. The van der Waals surface area contributed by atoms with Gasteiger partial charge in [-0.3, -0.25) is 4.79 Å². The van der Waals surface area contributed by atoms with Gasteiger partial charge in [-0.05, 0) is 27.1 Å². The van der Waals surface area contributed by atoms with Gasteiger partial charge >= 0.3 is 0 Å². The second kappa shape index (κ2) is 7.07. The summed E-state index contributed by atoms with van der Waals surface area (Å²) in [5, 5.41) is 6.30. The molecule has 5 nitrogen and oxygen atoms in total. The minimum Gasteiger partial charge on any atom is -0.379 e. The molecule has 3 atom stereocenters. The van der Waals surface area contributed by atoms with E-state index >= 15 is 0 Å². The molecule has 5 heteroatoms. The molecular formula is C13H27N3O2. The molecule has 0 aromatic rings. The van der Waals surface area contributed by atoms with Crippen molar-refractivity contribution >= 4 is 5.91 Å². The Morgan fingerprint density at radius 1 is 1.39 bits per heavy atom. The van der Waals surface area contributed by atoms with Crippen LogP contribution >= 0.6 is 0 Å². The fraction of sp³-hybridized carbons (Fsp3) is 0.923. The third kappa shape index (κ3) is 4.23. The van der Waals surface area contributed by atoms with Crippen molar-refractivity contribution in [3.63, 3.8) is 0 Å². The predicted molar refractivity (Wildman–Crippen MR) is 72.5 cm³/mol. The lowest BCUT2D eigenvalue weighted by Crippen LogP contribution is -2.50. The van der Waals surface area contributed by atoms with E-state index in [1.807, 2.05) is 21.1 Å². The maximum absolute atomic E-state index is 12.3. The Bertz CT molecular complexity index is 269. The van der Waals surface area contributed by atoms with Gasteiger partial charge in [0.25, 0.3) is 0 Å². The minimum absolute atomic E-state index is 0.0709. The standard InChI is InChI=1S/C13H27N3O2/c1-9(2)11(6-16(4)5)15-13(17)10-7-18-8-12(10)14-3/h9-12,14H,6-8H2,1-5H3,(H,15,17). The van der Waals surface area contributed by atoms with Crippen molar-refractivity contribution in [3.8, 4) is 0 Å². The molecule has 1 fully saturated rings. The zero-order valence-electron chi connectivity index (χ0n) is 12.2. The molecule has 0 spiro atoms. The lowest BCUT2D eigenvalue weighted by atomic mass is 9.99. The Labute approximate surface area is 110 Å². The van der Waals surface area contributed by atoms with Gasteiger partial charge in [0, 0.05) is 18.6 Å². The van der Waals surface area contributed by atoms with E-state index in [1.54, 1.807) is 0 Å². The molecule has 1 saturated heterocycles. The summed E-state index contributed by atoms with van der Waals surface area (Å²) in [7, 11) is 5.92. The first kappa shape index (κ1) is 15.4. The largest absolute Gasteiger partial charge is 0.379 e. The molecule has 1 heterocycles. The molecule has 0 radical (unpaired) electrons. The van der Waals surface area contributed by atoms with Crippen LogP contribution in [0.1, 0.15) is 13.8 Å². The Balaban J connectivity index is 2.55. The van der Waals surface area contributed by atoms with Crippen molar-refractivity contribution in [1.82, 2.24) is 15.5 Å². The molecule has 1 aliphatic rings. The van der Waals surface area contributed by atoms with Crippen LogP contribution in [0.4, 0.5) is 0 Å². The number of ether oxygens (including phenoxy) is 1. The topological polar surface area (TPSA) is 53.6 Å². The van der Waals surface area contributed by atoms with Gasteiger partial charge in [-0.2, -0.15) is 0 Å². The number of carbonyl (C=O) groups is 1. The molecule has 0 aromatic heterocycles. The number of likely N-dealkylation sites (N-methyl/N-ethyl adjacent to an activating group) is 2. The molecule has 0 aliphatic carbocycles. The van der Waals surface area contributed by atoms with E-state index in [0.717, 1.165) is 6.54 Å². The normalized spacial score (nSPS) is 25.7. The van der Waals surface area contributed by atoms with Gasteiger partial charge in [0.1, 0.15) is 0 Å². The number of nitrogens with one attached hydrogen (secondary N) is 2. The highest BCUT2D eigenvalue weighted by molar-refractivity contribution is 5.80. The van der Waals surface area contributed by atoms with Crippen molar-refractivity contribution in [2.75, 3.05) is 40.9 Å². The van der Waals surface area contributed by atoms with Gasteiger partial charge in [-0.25, -0.2) is 0 Å². The van der Waals surface area contributed by atoms with Crippen LogP contribution in [-0.4, -0.2) is 63.8 Å². The molecule has 1 amide bonds. The second-order valence-corrected chi connectivity index (χ2v) is 5.66. The van der Waals surface area contributed by atoms with Crippen molar-refractivity contribution in [2.24, 2.45) is 11.8 Å². The molecule has 1 aliphatic heterocycles. The van der Waals surface area contributed by atoms with E-state index < -0.39 is 0 Å². The molecule has 3 unspecified atom stereocenters. The van der Waals surface area contributed by atoms with Crippen LogP contribution in [-0.2, 0) is 9.53 Å². The average Bonchev–Trinajstić information content (AvgIpc) is 2.75. The van der Waals surface area contributed by atoms with E-state index in [0.29, 0.717) is 19.1 Å². The molecule has 2 N–H and O–H groups in total. The zero-order chi connectivity index (χ0) is 13.7. The van der Waals surface area contributed by atoms with E-state index in [-0.39, 0.29) is 23.9 Å². The number of rotatable bonds is 6. The molecule has 18 heavy (non-hydrogen) atoms. The fourth-order valence-corrected chi connectivity index (χ4v) is 2.20. The third-order valence-electron chi connectivity index (χ3n) is 3.48. The van der Waals surface area contributed by atoms with Crippen LogP contribution in [0, 0.1) is 11.8 Å². The third-order valence-corrected chi connectivity index (χ3v) is 3.48. The van der Waals surface area contributed by atoms with Crippen LogP contribution in [0.5, 0.6) is 0 Å². The Kier molecular flexibility index (Phi) is 6.05. The summed E-state index contributed by atoms with van der Waals surface area (Å²) in [4.78, 5) is 14.4. The van der Waals surface area contributed by atoms with E-state index in [2.05, 4.69) is 29.4 Å². The summed E-state index contributed by atoms with van der Waals surface area (Å²) in [5.41, 5.74) is 0. The molecule has 106 valence electrons. The first-order valence-electron chi connectivity index (χ1n) is 6.65. The van der Waals surface area contributed by atoms with E-state index in [9.17, 15) is 4.79 Å². The Hall–Kier alpha value is -0.650. The molecular weight excluding hydrogens is 230 g/mol. The van der Waals surface area contributed by atoms with Gasteiger partial charge in [-0.1, -0.05) is 13.8 Å². The summed E-state index contributed by atoms with van der Waals surface area (Å²) in [6.45, 7) is 6.27. The van der Waals surface area contributed by atoms with Gasteiger partial charge < -0.3 is 20.3 Å². The summed E-state index contributed by atoms with van der Waals surface area (Å²) in [5.74, 6) is 0.456. The summed E-state index contributed by atoms with van der Waals surface area (Å²) < 4.78 is 5.37. The van der Waals surface area contributed by atoms with E-state index in [4.69, 9.17) is 4.74 Å². The molecule has 0 saturated carbocycles. The molecule has 1 rings (SSSR count). The van der Waals surface area contributed by atoms with Crippen LogP contribution in [0.2, 0.25) is 0 Å². The number of nitrogens with zero attached hydrogens (tertiary/aromatic N) is 1. The predicted octanol–water partition coefficient (Wildman–Crippen LogP) is -0.0768. The zero-order valence-corrected chi connectivity index (χ0v) is 12.2. The monoisotopic (exact) mass is 257 g/mol. The quantitative estimate of drug-likeness (QED) is 0.699. The Morgan fingerprint density at radius 3 is 2.56 bits per heavy atom. The highest BCUT2D eigenvalue weighted by Gasteiger charge is 2.34. The molecule has 0 aromatic carbocycles. The van der Waals surface area contributed by atoms with Gasteiger partial charge in [0.05, 0.1) is 19.1 Å². The highest BCUT2D eigenvalue weighted by atomic mass is 16.5. The smallest absolute Gasteiger partial charge is 0.227 e. The first-order valence-corrected chi connectivity index (χ1v) is 6.65. The highest BCUT2D eigenvalue weighted by Crippen LogP contribution is 2.14. The maximum atomic E-state index is 12.3. The minimum atomic E-state index is -0.0709. The van der Waals surface area contributed by atoms with Crippen molar-refractivity contribution in [1.29, 1.82) is 0 Å². The second-order valence-electron chi connectivity index (χ2n) is 5.66. The van der Waals surface area contributed by atoms with Crippen molar-refractivity contribution in [3.05, 3.63) is 0 Å². The van der Waals surface area contributed by atoms with Gasteiger partial charge in [0.15, 0.2) is 0 Å². The average molecular weight is 257 g/mol. The number of hydrogen-bond acceptors (Lipinski definition) is 4. The Morgan fingerprint density at radius 2 is 2.06 bits per heavy atom. The van der Waals surface area contributed by atoms with E-state index in [1.165, 1.54) is 0 Å². The van der Waals surface area contributed by atoms with Gasteiger partial charge in [-0.15, -0.1) is 0 Å². The lowest BCUT2D eigenvalue weighted by Gasteiger charge is -2.27. The number of hydrogen-bond donors (Lipinski definition) is 2. The van der Waals surface area contributed by atoms with Crippen LogP contribution in [0.25, 0.3) is 0 Å². The lowest BCUT2D eigenvalue weighted by molar-refractivity contribution is -0.126. The van der Waals surface area contributed by atoms with Crippen LogP contribution in [0.15, 0.2) is 0 Å². The number of carbonyl (C=O) groups excluding carboxylic acids is 1. The van der Waals surface area contributed by atoms with Crippen LogP contribution < -0.4 is 10.6 Å².